The quantitative estimate of drug-likeness (QED) is 0.717. The Morgan fingerprint density at radius 1 is 1.06 bits per heavy atom. The second-order valence-corrected chi connectivity index (χ2v) is 6.89. The Hall–Kier alpha value is -0.720. The summed E-state index contributed by atoms with van der Waals surface area (Å²) in [6.45, 7) is 15.9. The van der Waals surface area contributed by atoms with Crippen LogP contribution >= 0.6 is 0 Å². The molecule has 0 amide bonds. The maximum Gasteiger partial charge on any atom is 0.0197 e. The first-order valence-electron chi connectivity index (χ1n) is 6.30. The second-order valence-electron chi connectivity index (χ2n) is 6.89. The average Bonchev–Trinajstić information content (AvgIpc) is 1.96. The van der Waals surface area contributed by atoms with E-state index in [1.54, 1.807) is 0 Å². The Balaban J connectivity index is 3.04. The van der Waals surface area contributed by atoms with Gasteiger partial charge in [0.15, 0.2) is 0 Å². The van der Waals surface area contributed by atoms with Crippen LogP contribution < -0.4 is 5.32 Å². The van der Waals surface area contributed by atoms with Gasteiger partial charge in [0.1, 0.15) is 0 Å². The van der Waals surface area contributed by atoms with E-state index in [1.165, 1.54) is 29.8 Å². The first-order valence-corrected chi connectivity index (χ1v) is 6.30. The Bertz CT molecular complexity index is 318. The molecular weight excluding hydrogens is 194 g/mol. The third-order valence-electron chi connectivity index (χ3n) is 3.34. The van der Waals surface area contributed by atoms with Gasteiger partial charge in [-0.05, 0) is 30.8 Å². The molecular formula is C15H27N. The van der Waals surface area contributed by atoms with Crippen LogP contribution in [-0.4, -0.2) is 0 Å². The molecule has 0 bridgehead atoms. The van der Waals surface area contributed by atoms with Crippen molar-refractivity contribution in [3.8, 4) is 0 Å². The summed E-state index contributed by atoms with van der Waals surface area (Å²) in [4.78, 5) is 0. The largest absolute Gasteiger partial charge is 0.362 e. The maximum absolute atomic E-state index is 3.64. The summed E-state index contributed by atoms with van der Waals surface area (Å²) >= 11 is 0. The third kappa shape index (κ3) is 3.13. The van der Waals surface area contributed by atoms with Crippen molar-refractivity contribution in [1.82, 2.24) is 5.32 Å². The molecule has 0 unspecified atom stereocenters. The molecule has 1 rings (SSSR count). The average molecular weight is 221 g/mol. The van der Waals surface area contributed by atoms with Gasteiger partial charge < -0.3 is 5.32 Å². The lowest BCUT2D eigenvalue weighted by Crippen LogP contribution is -2.30. The molecule has 0 radical (unpaired) electrons. The van der Waals surface area contributed by atoms with Crippen molar-refractivity contribution in [2.45, 2.75) is 61.3 Å². The van der Waals surface area contributed by atoms with Gasteiger partial charge in [0.2, 0.25) is 0 Å². The highest BCUT2D eigenvalue weighted by Crippen LogP contribution is 2.36. The fourth-order valence-corrected chi connectivity index (χ4v) is 1.78. The van der Waals surface area contributed by atoms with Crippen LogP contribution in [0.15, 0.2) is 23.0 Å². The fourth-order valence-electron chi connectivity index (χ4n) is 1.78. The van der Waals surface area contributed by atoms with E-state index < -0.39 is 0 Å². The lowest BCUT2D eigenvalue weighted by Gasteiger charge is -2.34. The molecule has 1 heteroatoms. The van der Waals surface area contributed by atoms with Gasteiger partial charge in [-0.15, -0.1) is 0 Å². The first-order chi connectivity index (χ1) is 7.12. The molecule has 0 aliphatic heterocycles. The van der Waals surface area contributed by atoms with Crippen molar-refractivity contribution < 1.29 is 0 Å². The van der Waals surface area contributed by atoms with Crippen molar-refractivity contribution in [3.63, 3.8) is 0 Å². The summed E-state index contributed by atoms with van der Waals surface area (Å²) in [6, 6.07) is 0. The Morgan fingerprint density at radius 2 is 1.56 bits per heavy atom. The Labute approximate surface area is 101 Å². The topological polar surface area (TPSA) is 12.0 Å². The van der Waals surface area contributed by atoms with Gasteiger partial charge in [0, 0.05) is 16.8 Å². The van der Waals surface area contributed by atoms with E-state index in [-0.39, 0.29) is 10.8 Å². The minimum atomic E-state index is 0.188. The van der Waals surface area contributed by atoms with E-state index >= 15 is 0 Å². The van der Waals surface area contributed by atoms with Gasteiger partial charge >= 0.3 is 0 Å². The molecule has 0 saturated heterocycles. The molecule has 1 nitrogen and oxygen atoms in total. The SMILES string of the molecule is C/C(=C(\NC1=CCC1)C(C)(C)C)C(C)(C)C. The van der Waals surface area contributed by atoms with Gasteiger partial charge in [0.05, 0.1) is 0 Å². The van der Waals surface area contributed by atoms with Crippen LogP contribution in [0.1, 0.15) is 61.3 Å². The predicted octanol–water partition coefficient (Wildman–Crippen LogP) is 4.62. The Morgan fingerprint density at radius 3 is 1.81 bits per heavy atom. The molecule has 0 aromatic heterocycles. The molecule has 0 spiro atoms. The van der Waals surface area contributed by atoms with Crippen molar-refractivity contribution in [1.29, 1.82) is 0 Å². The van der Waals surface area contributed by atoms with E-state index in [1.807, 2.05) is 0 Å². The van der Waals surface area contributed by atoms with Gasteiger partial charge in [-0.1, -0.05) is 47.6 Å². The van der Waals surface area contributed by atoms with Crippen LogP contribution in [0.3, 0.4) is 0 Å². The van der Waals surface area contributed by atoms with Crippen molar-refractivity contribution in [2.75, 3.05) is 0 Å². The highest BCUT2D eigenvalue weighted by Gasteiger charge is 2.26. The predicted molar refractivity (Wildman–Crippen MR) is 72.1 cm³/mol. The van der Waals surface area contributed by atoms with Crippen LogP contribution in [0.4, 0.5) is 0 Å². The number of rotatable bonds is 2. The van der Waals surface area contributed by atoms with Crippen LogP contribution in [0.5, 0.6) is 0 Å². The zero-order chi connectivity index (χ0) is 12.6. The number of nitrogens with one attached hydrogen (secondary N) is 1. The van der Waals surface area contributed by atoms with Gasteiger partial charge in [-0.3, -0.25) is 0 Å². The lowest BCUT2D eigenvalue weighted by molar-refractivity contribution is 0.420. The molecule has 1 aliphatic rings. The van der Waals surface area contributed by atoms with Crippen LogP contribution in [0.2, 0.25) is 0 Å². The molecule has 1 aliphatic carbocycles. The van der Waals surface area contributed by atoms with Crippen LogP contribution in [-0.2, 0) is 0 Å². The summed E-state index contributed by atoms with van der Waals surface area (Å²) in [5, 5.41) is 3.64. The first kappa shape index (κ1) is 13.3. The normalized spacial score (nSPS) is 18.6. The van der Waals surface area contributed by atoms with E-state index in [9.17, 15) is 0 Å². The molecule has 1 N–H and O–H groups in total. The summed E-state index contributed by atoms with van der Waals surface area (Å²) < 4.78 is 0. The fraction of sp³-hybridized carbons (Fsp3) is 0.733. The van der Waals surface area contributed by atoms with E-state index in [2.05, 4.69) is 59.9 Å². The molecule has 0 atom stereocenters. The molecule has 92 valence electrons. The molecule has 0 heterocycles. The van der Waals surface area contributed by atoms with Crippen LogP contribution in [0.25, 0.3) is 0 Å². The van der Waals surface area contributed by atoms with Gasteiger partial charge in [-0.25, -0.2) is 0 Å². The number of hydrogen-bond donors (Lipinski definition) is 1. The monoisotopic (exact) mass is 221 g/mol. The molecule has 0 fully saturated rings. The van der Waals surface area contributed by atoms with E-state index in [0.29, 0.717) is 0 Å². The maximum atomic E-state index is 3.64. The minimum Gasteiger partial charge on any atom is -0.362 e. The van der Waals surface area contributed by atoms with E-state index in [4.69, 9.17) is 0 Å². The third-order valence-corrected chi connectivity index (χ3v) is 3.34. The number of allylic oxidation sites excluding steroid dienone is 4. The zero-order valence-electron chi connectivity index (χ0n) is 12.0. The molecule has 0 saturated carbocycles. The van der Waals surface area contributed by atoms with Crippen LogP contribution in [0, 0.1) is 10.8 Å². The van der Waals surface area contributed by atoms with Gasteiger partial charge in [-0.2, -0.15) is 0 Å². The molecule has 0 aromatic rings. The second kappa shape index (κ2) is 4.27. The number of hydrogen-bond acceptors (Lipinski definition) is 1. The summed E-state index contributed by atoms with van der Waals surface area (Å²) in [6.07, 6.45) is 4.73. The van der Waals surface area contributed by atoms with Crippen molar-refractivity contribution in [2.24, 2.45) is 10.8 Å². The van der Waals surface area contributed by atoms with Crippen molar-refractivity contribution in [3.05, 3.63) is 23.0 Å². The summed E-state index contributed by atoms with van der Waals surface area (Å²) in [7, 11) is 0. The standard InChI is InChI=1S/C15H27N/c1-11(14(2,3)4)13(15(5,6)7)16-12-9-8-10-12/h9,16H,8,10H2,1-7H3/b13-11+. The smallest absolute Gasteiger partial charge is 0.0197 e. The minimum absolute atomic E-state index is 0.188. The van der Waals surface area contributed by atoms with Gasteiger partial charge in [0.25, 0.3) is 0 Å². The lowest BCUT2D eigenvalue weighted by atomic mass is 9.79. The van der Waals surface area contributed by atoms with Crippen molar-refractivity contribution >= 4 is 0 Å². The Kier molecular flexibility index (Phi) is 3.56. The highest BCUT2D eigenvalue weighted by atomic mass is 14.9. The molecule has 0 aromatic carbocycles. The zero-order valence-corrected chi connectivity index (χ0v) is 12.0. The molecule has 16 heavy (non-hydrogen) atoms. The summed E-state index contributed by atoms with van der Waals surface area (Å²) in [5.41, 5.74) is 4.68. The highest BCUT2D eigenvalue weighted by molar-refractivity contribution is 5.27. The van der Waals surface area contributed by atoms with E-state index in [0.717, 1.165) is 0 Å². The summed E-state index contributed by atoms with van der Waals surface area (Å²) in [5.74, 6) is 0.